The van der Waals surface area contributed by atoms with Crippen LogP contribution in [0, 0.1) is 0 Å². The predicted molar refractivity (Wildman–Crippen MR) is 116 cm³/mol. The first-order valence-corrected chi connectivity index (χ1v) is 10.0. The fraction of sp³-hybridized carbons (Fsp3) is 0.318. The van der Waals surface area contributed by atoms with E-state index in [2.05, 4.69) is 0 Å². The molecule has 0 aliphatic rings. The van der Waals surface area contributed by atoms with E-state index in [0.29, 0.717) is 0 Å². The molecule has 0 fully saturated rings. The largest absolute Gasteiger partial charge is 0.508 e. The molecule has 0 aliphatic carbocycles. The highest BCUT2D eigenvalue weighted by molar-refractivity contribution is 5.88. The molecule has 0 radical (unpaired) electrons. The summed E-state index contributed by atoms with van der Waals surface area (Å²) in [5, 5.41) is 77.2. The lowest BCUT2D eigenvalue weighted by molar-refractivity contribution is -0.177. The van der Waals surface area contributed by atoms with E-state index in [1.54, 1.807) is 0 Å². The first-order valence-electron chi connectivity index (χ1n) is 10.0. The van der Waals surface area contributed by atoms with E-state index in [4.69, 9.17) is 19.0 Å². The van der Waals surface area contributed by atoms with Crippen LogP contribution >= 0.6 is 0 Å². The molecule has 0 saturated carbocycles. The van der Waals surface area contributed by atoms with Crippen molar-refractivity contribution in [3.8, 4) is 40.1 Å². The standard InChI is InChI=1S/C22H24O12/c1-9(32-17(8-24)19(30)15(29)7-23)33-22-20(31)18-14(28)5-11(25)6-16(18)34-21(22)10-2-3-12(26)13(27)4-10/h2-6,9,15,17,19,23-30H,7-8H2,1H3/t9-,15-,17?,19?/m0/s1. The number of aliphatic hydroxyl groups excluding tert-OH is 4. The second-order valence-corrected chi connectivity index (χ2v) is 7.41. The SMILES string of the molecule is C[C@H](Oc1c(-c2ccc(O)c(O)c2)oc2cc(O)cc(O)c2c1=O)OC(CO)C(O)[C@@H](O)CO. The molecule has 0 aliphatic heterocycles. The minimum absolute atomic E-state index is 0.0776. The molecule has 0 saturated heterocycles. The van der Waals surface area contributed by atoms with E-state index < -0.39 is 66.2 Å². The van der Waals surface area contributed by atoms with Crippen LogP contribution < -0.4 is 10.2 Å². The molecule has 3 aromatic rings. The summed E-state index contributed by atoms with van der Waals surface area (Å²) in [6.07, 6.45) is -6.05. The van der Waals surface area contributed by atoms with Crippen LogP contribution in [0.25, 0.3) is 22.3 Å². The van der Waals surface area contributed by atoms with Crippen molar-refractivity contribution in [1.29, 1.82) is 0 Å². The quantitative estimate of drug-likeness (QED) is 0.151. The summed E-state index contributed by atoms with van der Waals surface area (Å²) in [5.74, 6) is -2.72. The van der Waals surface area contributed by atoms with Gasteiger partial charge in [0.05, 0.1) is 13.2 Å². The molecule has 2 unspecified atom stereocenters. The first-order chi connectivity index (χ1) is 16.1. The maximum Gasteiger partial charge on any atom is 0.239 e. The Morgan fingerprint density at radius 2 is 1.65 bits per heavy atom. The number of phenols is 4. The van der Waals surface area contributed by atoms with Gasteiger partial charge < -0.3 is 54.7 Å². The Bertz CT molecular complexity index is 1220. The van der Waals surface area contributed by atoms with Gasteiger partial charge in [-0.3, -0.25) is 4.79 Å². The van der Waals surface area contributed by atoms with Gasteiger partial charge in [0.15, 0.2) is 23.5 Å². The molecular weight excluding hydrogens is 456 g/mol. The number of phenolic OH excluding ortho intramolecular Hbond substituents is 4. The number of rotatable bonds is 9. The topological polar surface area (TPSA) is 211 Å². The third kappa shape index (κ3) is 5.00. The minimum Gasteiger partial charge on any atom is -0.508 e. The van der Waals surface area contributed by atoms with Crippen molar-refractivity contribution in [2.24, 2.45) is 0 Å². The minimum atomic E-state index is -1.69. The van der Waals surface area contributed by atoms with Crippen molar-refractivity contribution in [2.45, 2.75) is 31.5 Å². The van der Waals surface area contributed by atoms with Crippen LogP contribution in [0.3, 0.4) is 0 Å². The average Bonchev–Trinajstić information content (AvgIpc) is 2.79. The Balaban J connectivity index is 2.10. The van der Waals surface area contributed by atoms with E-state index >= 15 is 0 Å². The van der Waals surface area contributed by atoms with E-state index in [9.17, 15) is 40.5 Å². The van der Waals surface area contributed by atoms with Crippen LogP contribution in [0.4, 0.5) is 0 Å². The molecule has 12 heteroatoms. The van der Waals surface area contributed by atoms with Crippen molar-refractivity contribution < 1.29 is 54.7 Å². The molecule has 3 rings (SSSR count). The van der Waals surface area contributed by atoms with Gasteiger partial charge in [-0.15, -0.1) is 0 Å². The fourth-order valence-electron chi connectivity index (χ4n) is 3.26. The number of hydrogen-bond acceptors (Lipinski definition) is 12. The Morgan fingerprint density at radius 3 is 2.26 bits per heavy atom. The Labute approximate surface area is 191 Å². The Kier molecular flexibility index (Phi) is 7.49. The fourth-order valence-corrected chi connectivity index (χ4v) is 3.26. The lowest BCUT2D eigenvalue weighted by Gasteiger charge is -2.27. The van der Waals surface area contributed by atoms with Gasteiger partial charge in [-0.05, 0) is 25.1 Å². The highest BCUT2D eigenvalue weighted by Gasteiger charge is 2.30. The molecule has 1 heterocycles. The summed E-state index contributed by atoms with van der Waals surface area (Å²) in [6, 6.07) is 5.52. The second-order valence-electron chi connectivity index (χ2n) is 7.41. The van der Waals surface area contributed by atoms with Crippen LogP contribution in [0.2, 0.25) is 0 Å². The van der Waals surface area contributed by atoms with Gasteiger partial charge in [0.1, 0.15) is 40.8 Å². The third-order valence-electron chi connectivity index (χ3n) is 4.95. The van der Waals surface area contributed by atoms with Crippen LogP contribution in [0.1, 0.15) is 6.92 Å². The monoisotopic (exact) mass is 480 g/mol. The van der Waals surface area contributed by atoms with Gasteiger partial charge in [0.2, 0.25) is 11.2 Å². The molecule has 184 valence electrons. The maximum absolute atomic E-state index is 13.2. The maximum atomic E-state index is 13.2. The van der Waals surface area contributed by atoms with Crippen molar-refractivity contribution in [2.75, 3.05) is 13.2 Å². The number of fused-ring (bicyclic) bond motifs is 1. The zero-order valence-corrected chi connectivity index (χ0v) is 17.8. The molecule has 2 aromatic carbocycles. The van der Waals surface area contributed by atoms with E-state index in [-0.39, 0.29) is 28.0 Å². The number of hydrogen-bond donors (Lipinski definition) is 8. The predicted octanol–water partition coefficient (Wildman–Crippen LogP) is 0.0988. The van der Waals surface area contributed by atoms with Gasteiger partial charge in [0.25, 0.3) is 0 Å². The average molecular weight is 480 g/mol. The van der Waals surface area contributed by atoms with Gasteiger partial charge in [-0.1, -0.05) is 0 Å². The van der Waals surface area contributed by atoms with Gasteiger partial charge >= 0.3 is 0 Å². The molecule has 0 spiro atoms. The van der Waals surface area contributed by atoms with Gasteiger partial charge in [-0.25, -0.2) is 0 Å². The summed E-state index contributed by atoms with van der Waals surface area (Å²) in [6.45, 7) is -0.263. The smallest absolute Gasteiger partial charge is 0.239 e. The Hall–Kier alpha value is -3.55. The molecular formula is C22H24O12. The molecule has 4 atom stereocenters. The van der Waals surface area contributed by atoms with Crippen LogP contribution in [0.5, 0.6) is 28.7 Å². The summed E-state index contributed by atoms with van der Waals surface area (Å²) >= 11 is 0. The molecule has 8 N–H and O–H groups in total. The van der Waals surface area contributed by atoms with Crippen molar-refractivity contribution in [3.63, 3.8) is 0 Å². The highest BCUT2D eigenvalue weighted by Crippen LogP contribution is 2.38. The lowest BCUT2D eigenvalue weighted by atomic mass is 10.1. The third-order valence-corrected chi connectivity index (χ3v) is 4.95. The molecule has 0 bridgehead atoms. The van der Waals surface area contributed by atoms with Crippen LogP contribution in [0.15, 0.2) is 39.5 Å². The summed E-state index contributed by atoms with van der Waals surface area (Å²) < 4.78 is 16.6. The highest BCUT2D eigenvalue weighted by atomic mass is 16.7. The van der Waals surface area contributed by atoms with E-state index in [0.717, 1.165) is 24.3 Å². The summed E-state index contributed by atoms with van der Waals surface area (Å²) in [5.41, 5.74) is -1.01. The van der Waals surface area contributed by atoms with E-state index in [1.165, 1.54) is 13.0 Å². The number of benzene rings is 2. The second kappa shape index (κ2) is 10.2. The molecule has 0 amide bonds. The van der Waals surface area contributed by atoms with Crippen LogP contribution in [-0.4, -0.2) is 78.7 Å². The van der Waals surface area contributed by atoms with E-state index in [1.807, 2.05) is 0 Å². The normalized spacial score (nSPS) is 15.1. The van der Waals surface area contributed by atoms with Crippen molar-refractivity contribution >= 4 is 11.0 Å². The Morgan fingerprint density at radius 1 is 0.941 bits per heavy atom. The first kappa shape index (κ1) is 25.1. The van der Waals surface area contributed by atoms with Gasteiger partial charge in [-0.2, -0.15) is 0 Å². The molecule has 34 heavy (non-hydrogen) atoms. The zero-order chi connectivity index (χ0) is 25.2. The molecule has 12 nitrogen and oxygen atoms in total. The lowest BCUT2D eigenvalue weighted by Crippen LogP contribution is -2.45. The number of aliphatic hydroxyl groups is 4. The summed E-state index contributed by atoms with van der Waals surface area (Å²) in [4.78, 5) is 13.2. The van der Waals surface area contributed by atoms with Crippen LogP contribution in [-0.2, 0) is 4.74 Å². The molecule has 1 aromatic heterocycles. The number of aromatic hydroxyl groups is 4. The van der Waals surface area contributed by atoms with Crippen molar-refractivity contribution in [3.05, 3.63) is 40.6 Å². The van der Waals surface area contributed by atoms with Crippen molar-refractivity contribution in [1.82, 2.24) is 0 Å². The summed E-state index contributed by atoms with van der Waals surface area (Å²) in [7, 11) is 0. The van der Waals surface area contributed by atoms with Gasteiger partial charge in [0, 0.05) is 17.7 Å². The number of ether oxygens (including phenoxy) is 2. The zero-order valence-electron chi connectivity index (χ0n) is 17.8.